The van der Waals surface area contributed by atoms with Gasteiger partial charge in [-0.05, 0) is 91.5 Å². The highest BCUT2D eigenvalue weighted by Crippen LogP contribution is 2.55. The van der Waals surface area contributed by atoms with Crippen molar-refractivity contribution in [2.24, 2.45) is 0 Å². The molecular formula is C27H24O4. The summed E-state index contributed by atoms with van der Waals surface area (Å²) in [6, 6.07) is 18.4. The molecule has 0 aromatic heterocycles. The number of hydrogen-bond donors (Lipinski definition) is 0. The molecule has 0 heterocycles. The van der Waals surface area contributed by atoms with Gasteiger partial charge < -0.3 is 9.47 Å². The standard InChI is InChI=1S/C27H24O4/c1-16-7-3-5-9-20(16)26(28)30-24-14-22-18-11-12-19(13-18)23(22)15-25(24)31-27(29)21-10-6-4-8-17(21)2/h3-10,14-15,18-19H,11-13H2,1-2H3. The van der Waals surface area contributed by atoms with Gasteiger partial charge in [0.1, 0.15) is 0 Å². The van der Waals surface area contributed by atoms with Crippen LogP contribution in [0.2, 0.25) is 0 Å². The van der Waals surface area contributed by atoms with E-state index in [1.807, 2.05) is 62.4 Å². The molecule has 2 aliphatic rings. The van der Waals surface area contributed by atoms with Crippen LogP contribution in [0, 0.1) is 13.8 Å². The minimum Gasteiger partial charge on any atom is -0.419 e. The Hall–Kier alpha value is -3.40. The minimum absolute atomic E-state index is 0.307. The van der Waals surface area contributed by atoms with E-state index in [0.717, 1.165) is 30.4 Å². The third-order valence-corrected chi connectivity index (χ3v) is 6.60. The first kappa shape index (κ1) is 19.6. The lowest BCUT2D eigenvalue weighted by atomic mass is 9.91. The Morgan fingerprint density at radius 1 is 0.710 bits per heavy atom. The fourth-order valence-corrected chi connectivity index (χ4v) is 4.92. The van der Waals surface area contributed by atoms with Crippen molar-refractivity contribution in [3.8, 4) is 11.5 Å². The molecule has 5 rings (SSSR count). The Labute approximate surface area is 181 Å². The first-order valence-electron chi connectivity index (χ1n) is 10.7. The maximum Gasteiger partial charge on any atom is 0.343 e. The normalized spacial score (nSPS) is 18.5. The second-order valence-electron chi connectivity index (χ2n) is 8.54. The monoisotopic (exact) mass is 412 g/mol. The highest BCUT2D eigenvalue weighted by Gasteiger charge is 2.38. The van der Waals surface area contributed by atoms with Gasteiger partial charge in [-0.1, -0.05) is 36.4 Å². The fourth-order valence-electron chi connectivity index (χ4n) is 4.92. The number of fused-ring (bicyclic) bond motifs is 5. The second-order valence-corrected chi connectivity index (χ2v) is 8.54. The first-order chi connectivity index (χ1) is 15.0. The molecule has 0 amide bonds. The van der Waals surface area contributed by atoms with Crippen molar-refractivity contribution in [3.05, 3.63) is 94.0 Å². The number of benzene rings is 3. The van der Waals surface area contributed by atoms with Crippen LogP contribution in [0.1, 0.15) is 74.1 Å². The van der Waals surface area contributed by atoms with Crippen molar-refractivity contribution >= 4 is 11.9 Å². The van der Waals surface area contributed by atoms with Crippen molar-refractivity contribution in [1.82, 2.24) is 0 Å². The first-order valence-corrected chi connectivity index (χ1v) is 10.7. The van der Waals surface area contributed by atoms with Gasteiger partial charge in [-0.3, -0.25) is 0 Å². The summed E-state index contributed by atoms with van der Waals surface area (Å²) in [4.78, 5) is 25.8. The van der Waals surface area contributed by atoms with Gasteiger partial charge in [0.05, 0.1) is 11.1 Å². The maximum atomic E-state index is 12.9. The Morgan fingerprint density at radius 3 is 1.55 bits per heavy atom. The summed E-state index contributed by atoms with van der Waals surface area (Å²) < 4.78 is 11.6. The van der Waals surface area contributed by atoms with Gasteiger partial charge in [-0.2, -0.15) is 0 Å². The lowest BCUT2D eigenvalue weighted by Crippen LogP contribution is -2.15. The smallest absolute Gasteiger partial charge is 0.343 e. The van der Waals surface area contributed by atoms with Crippen LogP contribution >= 0.6 is 0 Å². The van der Waals surface area contributed by atoms with E-state index in [1.54, 1.807) is 12.1 Å². The summed E-state index contributed by atoms with van der Waals surface area (Å²) in [6.07, 6.45) is 3.44. The molecule has 0 radical (unpaired) electrons. The molecule has 2 bridgehead atoms. The predicted molar refractivity (Wildman–Crippen MR) is 118 cm³/mol. The number of rotatable bonds is 4. The molecule has 2 unspecified atom stereocenters. The van der Waals surface area contributed by atoms with Crippen LogP contribution in [-0.2, 0) is 0 Å². The van der Waals surface area contributed by atoms with E-state index in [2.05, 4.69) is 0 Å². The molecule has 3 aromatic rings. The highest BCUT2D eigenvalue weighted by molar-refractivity contribution is 5.94. The topological polar surface area (TPSA) is 52.6 Å². The Morgan fingerprint density at radius 2 is 1.13 bits per heavy atom. The number of carbonyl (C=O) groups excluding carboxylic acids is 2. The SMILES string of the molecule is Cc1ccccc1C(=O)Oc1cc2c(cc1OC(=O)c1ccccc1C)C1CCC2C1. The van der Waals surface area contributed by atoms with E-state index in [4.69, 9.17) is 9.47 Å². The molecule has 0 spiro atoms. The minimum atomic E-state index is -0.450. The predicted octanol–water partition coefficient (Wildman–Crippen LogP) is 6.11. The van der Waals surface area contributed by atoms with Crippen molar-refractivity contribution in [2.75, 3.05) is 0 Å². The number of carbonyl (C=O) groups is 2. The Bertz CT molecular complexity index is 1100. The molecule has 0 N–H and O–H groups in total. The molecule has 31 heavy (non-hydrogen) atoms. The van der Waals surface area contributed by atoms with Crippen LogP contribution in [0.3, 0.4) is 0 Å². The van der Waals surface area contributed by atoms with Crippen LogP contribution in [0.15, 0.2) is 60.7 Å². The van der Waals surface area contributed by atoms with E-state index < -0.39 is 11.9 Å². The average Bonchev–Trinajstić information content (AvgIpc) is 3.37. The summed E-state index contributed by atoms with van der Waals surface area (Å²) in [5.74, 6) is 0.709. The Balaban J connectivity index is 1.51. The molecule has 1 saturated carbocycles. The molecule has 0 aliphatic heterocycles. The van der Waals surface area contributed by atoms with Gasteiger partial charge >= 0.3 is 11.9 Å². The van der Waals surface area contributed by atoms with Gasteiger partial charge in [0, 0.05) is 0 Å². The second kappa shape index (κ2) is 7.69. The van der Waals surface area contributed by atoms with Crippen molar-refractivity contribution < 1.29 is 19.1 Å². The molecule has 4 nitrogen and oxygen atoms in total. The molecule has 1 fully saturated rings. The summed E-state index contributed by atoms with van der Waals surface area (Å²) in [5, 5.41) is 0. The van der Waals surface area contributed by atoms with E-state index in [1.165, 1.54) is 11.1 Å². The summed E-state index contributed by atoms with van der Waals surface area (Å²) in [6.45, 7) is 3.74. The third kappa shape index (κ3) is 3.52. The maximum absolute atomic E-state index is 12.9. The highest BCUT2D eigenvalue weighted by atomic mass is 16.6. The molecule has 2 aliphatic carbocycles. The molecular weight excluding hydrogens is 388 g/mol. The number of hydrogen-bond acceptors (Lipinski definition) is 4. The summed E-state index contributed by atoms with van der Waals surface area (Å²) in [7, 11) is 0. The van der Waals surface area contributed by atoms with E-state index in [0.29, 0.717) is 34.5 Å². The Kier molecular flexibility index (Phi) is 4.85. The molecule has 3 aromatic carbocycles. The lowest BCUT2D eigenvalue weighted by molar-refractivity contribution is 0.0681. The van der Waals surface area contributed by atoms with Crippen LogP contribution in [0.5, 0.6) is 11.5 Å². The average molecular weight is 412 g/mol. The van der Waals surface area contributed by atoms with E-state index in [9.17, 15) is 9.59 Å². The molecule has 156 valence electrons. The van der Waals surface area contributed by atoms with Crippen LogP contribution in [0.25, 0.3) is 0 Å². The van der Waals surface area contributed by atoms with Crippen molar-refractivity contribution in [2.45, 2.75) is 44.9 Å². The summed E-state index contributed by atoms with van der Waals surface area (Å²) in [5.41, 5.74) is 5.12. The van der Waals surface area contributed by atoms with E-state index in [-0.39, 0.29) is 0 Å². The molecule has 2 atom stereocenters. The van der Waals surface area contributed by atoms with Gasteiger partial charge in [-0.15, -0.1) is 0 Å². The third-order valence-electron chi connectivity index (χ3n) is 6.60. The van der Waals surface area contributed by atoms with Crippen LogP contribution < -0.4 is 9.47 Å². The molecule has 0 saturated heterocycles. The van der Waals surface area contributed by atoms with E-state index >= 15 is 0 Å². The van der Waals surface area contributed by atoms with Gasteiger partial charge in [0.2, 0.25) is 0 Å². The van der Waals surface area contributed by atoms with Gasteiger partial charge in [-0.25, -0.2) is 9.59 Å². The fraction of sp³-hybridized carbons (Fsp3) is 0.259. The number of esters is 2. The summed E-state index contributed by atoms with van der Waals surface area (Å²) >= 11 is 0. The van der Waals surface area contributed by atoms with Crippen molar-refractivity contribution in [1.29, 1.82) is 0 Å². The van der Waals surface area contributed by atoms with Gasteiger partial charge in [0.15, 0.2) is 11.5 Å². The number of aryl methyl sites for hydroxylation is 2. The zero-order chi connectivity index (χ0) is 21.5. The van der Waals surface area contributed by atoms with Crippen molar-refractivity contribution in [3.63, 3.8) is 0 Å². The van der Waals surface area contributed by atoms with Crippen LogP contribution in [-0.4, -0.2) is 11.9 Å². The quantitative estimate of drug-likeness (QED) is 0.383. The zero-order valence-corrected chi connectivity index (χ0v) is 17.7. The lowest BCUT2D eigenvalue weighted by Gasteiger charge is -2.19. The number of ether oxygens (including phenoxy) is 2. The van der Waals surface area contributed by atoms with Crippen LogP contribution in [0.4, 0.5) is 0 Å². The largest absolute Gasteiger partial charge is 0.419 e. The molecule has 4 heteroatoms. The zero-order valence-electron chi connectivity index (χ0n) is 17.7. The van der Waals surface area contributed by atoms with Gasteiger partial charge in [0.25, 0.3) is 0 Å².